The summed E-state index contributed by atoms with van der Waals surface area (Å²) in [7, 11) is 1.74. The molecule has 0 bridgehead atoms. The van der Waals surface area contributed by atoms with Crippen molar-refractivity contribution in [1.82, 2.24) is 19.3 Å². The third-order valence-corrected chi connectivity index (χ3v) is 6.44. The molecule has 0 aliphatic heterocycles. The number of nitrogens with two attached hydrogens (primary N) is 2. The van der Waals surface area contributed by atoms with Crippen molar-refractivity contribution in [3.8, 4) is 28.2 Å². The molecule has 0 unspecified atom stereocenters. The van der Waals surface area contributed by atoms with Crippen LogP contribution in [0.1, 0.15) is 26.4 Å². The Balaban J connectivity index is 1.41. The number of carbonyl (C=O) groups is 2. The number of hydrogen-bond acceptors (Lipinski definition) is 6. The van der Waals surface area contributed by atoms with Crippen LogP contribution in [0.2, 0.25) is 0 Å². The Kier molecular flexibility index (Phi) is 6.51. The SMILES string of the molecule is Cc1c(C(=O)Nc2ccc(-c3nc(-c4cccc(C(N)=O)c4)cnc3N)cc2)c(=O)n(-c2ccccc2)n1C. The van der Waals surface area contributed by atoms with Crippen LogP contribution in [0.3, 0.4) is 0 Å². The second-order valence-electron chi connectivity index (χ2n) is 8.90. The lowest BCUT2D eigenvalue weighted by Crippen LogP contribution is -2.25. The number of anilines is 2. The molecule has 5 rings (SSSR count). The fourth-order valence-corrected chi connectivity index (χ4v) is 4.32. The summed E-state index contributed by atoms with van der Waals surface area (Å²) in [6, 6.07) is 22.8. The van der Waals surface area contributed by atoms with Crippen molar-refractivity contribution in [3.05, 3.63) is 112 Å². The summed E-state index contributed by atoms with van der Waals surface area (Å²) in [6.45, 7) is 1.73. The van der Waals surface area contributed by atoms with Crippen molar-refractivity contribution in [2.75, 3.05) is 11.1 Å². The Hall–Kier alpha value is -5.51. The van der Waals surface area contributed by atoms with Crippen LogP contribution in [-0.4, -0.2) is 31.1 Å². The predicted octanol–water partition coefficient (Wildman–Crippen LogP) is 3.54. The van der Waals surface area contributed by atoms with Gasteiger partial charge in [0.05, 0.1) is 23.3 Å². The minimum atomic E-state index is -0.539. The van der Waals surface area contributed by atoms with Gasteiger partial charge < -0.3 is 16.8 Å². The number of aromatic nitrogens is 4. The van der Waals surface area contributed by atoms with Crippen molar-refractivity contribution in [2.45, 2.75) is 6.92 Å². The van der Waals surface area contributed by atoms with Crippen LogP contribution >= 0.6 is 0 Å². The molecule has 0 spiro atoms. The maximum atomic E-state index is 13.2. The molecule has 0 aliphatic carbocycles. The van der Waals surface area contributed by atoms with Gasteiger partial charge in [-0.3, -0.25) is 19.1 Å². The maximum Gasteiger partial charge on any atom is 0.284 e. The first-order valence-electron chi connectivity index (χ1n) is 12.0. The van der Waals surface area contributed by atoms with Crippen LogP contribution in [-0.2, 0) is 7.05 Å². The lowest BCUT2D eigenvalue weighted by molar-refractivity contribution is 0.0997. The van der Waals surface area contributed by atoms with E-state index in [0.29, 0.717) is 45.1 Å². The number of nitrogens with zero attached hydrogens (tertiary/aromatic N) is 4. The molecule has 0 fully saturated rings. The molecule has 0 saturated heterocycles. The van der Waals surface area contributed by atoms with E-state index in [1.54, 1.807) is 79.3 Å². The van der Waals surface area contributed by atoms with Crippen molar-refractivity contribution in [3.63, 3.8) is 0 Å². The Morgan fingerprint density at radius 1 is 0.923 bits per heavy atom. The van der Waals surface area contributed by atoms with E-state index in [1.807, 2.05) is 18.2 Å². The van der Waals surface area contributed by atoms with E-state index in [4.69, 9.17) is 11.5 Å². The molecule has 2 aromatic heterocycles. The summed E-state index contributed by atoms with van der Waals surface area (Å²) < 4.78 is 3.12. The quantitative estimate of drug-likeness (QED) is 0.312. The number of amides is 2. The molecular weight excluding hydrogens is 494 g/mol. The molecule has 194 valence electrons. The second kappa shape index (κ2) is 10.1. The first-order chi connectivity index (χ1) is 18.7. The van der Waals surface area contributed by atoms with E-state index < -0.39 is 17.4 Å². The lowest BCUT2D eigenvalue weighted by Gasteiger charge is -2.09. The third-order valence-electron chi connectivity index (χ3n) is 6.44. The topological polar surface area (TPSA) is 151 Å². The zero-order valence-corrected chi connectivity index (χ0v) is 21.3. The van der Waals surface area contributed by atoms with Gasteiger partial charge in [-0.2, -0.15) is 0 Å². The molecule has 5 aromatic rings. The molecule has 2 amide bonds. The van der Waals surface area contributed by atoms with Crippen molar-refractivity contribution in [2.24, 2.45) is 12.8 Å². The average Bonchev–Trinajstić information content (AvgIpc) is 3.17. The summed E-state index contributed by atoms with van der Waals surface area (Å²) in [5.74, 6) is -0.822. The minimum Gasteiger partial charge on any atom is -0.382 e. The first kappa shape index (κ1) is 25.2. The number of carbonyl (C=O) groups excluding carboxylic acids is 2. The molecule has 39 heavy (non-hydrogen) atoms. The van der Waals surface area contributed by atoms with E-state index in [1.165, 1.54) is 10.9 Å². The molecule has 0 atom stereocenters. The summed E-state index contributed by atoms with van der Waals surface area (Å²) >= 11 is 0. The minimum absolute atomic E-state index is 0.0615. The number of benzene rings is 3. The van der Waals surface area contributed by atoms with Crippen LogP contribution in [0.4, 0.5) is 11.5 Å². The summed E-state index contributed by atoms with van der Waals surface area (Å²) in [5.41, 5.74) is 15.5. The summed E-state index contributed by atoms with van der Waals surface area (Å²) in [6.07, 6.45) is 1.53. The van der Waals surface area contributed by atoms with Crippen molar-refractivity contribution >= 4 is 23.3 Å². The van der Waals surface area contributed by atoms with Crippen molar-refractivity contribution < 1.29 is 9.59 Å². The van der Waals surface area contributed by atoms with E-state index in [0.717, 1.165) is 0 Å². The molecule has 10 nitrogen and oxygen atoms in total. The second-order valence-corrected chi connectivity index (χ2v) is 8.90. The highest BCUT2D eigenvalue weighted by Crippen LogP contribution is 2.27. The number of nitrogen functional groups attached to an aromatic ring is 1. The van der Waals surface area contributed by atoms with E-state index in [2.05, 4.69) is 15.3 Å². The molecule has 10 heteroatoms. The molecule has 3 aromatic carbocycles. The summed E-state index contributed by atoms with van der Waals surface area (Å²) in [4.78, 5) is 46.7. The molecule has 0 aliphatic rings. The van der Waals surface area contributed by atoms with Gasteiger partial charge in [0.2, 0.25) is 5.91 Å². The molecule has 5 N–H and O–H groups in total. The fraction of sp³-hybridized carbons (Fsp3) is 0.0690. The molecule has 0 radical (unpaired) electrons. The number of nitrogens with one attached hydrogen (secondary N) is 1. The Morgan fingerprint density at radius 2 is 1.64 bits per heavy atom. The highest BCUT2D eigenvalue weighted by molar-refractivity contribution is 6.05. The monoisotopic (exact) mass is 519 g/mol. The fourth-order valence-electron chi connectivity index (χ4n) is 4.32. The van der Waals surface area contributed by atoms with Gasteiger partial charge in [-0.25, -0.2) is 14.6 Å². The zero-order valence-electron chi connectivity index (χ0n) is 21.3. The van der Waals surface area contributed by atoms with Crippen molar-refractivity contribution in [1.29, 1.82) is 0 Å². The maximum absolute atomic E-state index is 13.2. The Labute approximate surface area is 223 Å². The lowest BCUT2D eigenvalue weighted by atomic mass is 10.1. The van der Waals surface area contributed by atoms with Gasteiger partial charge in [0, 0.05) is 29.4 Å². The van der Waals surface area contributed by atoms with Crippen LogP contribution in [0.15, 0.2) is 89.9 Å². The van der Waals surface area contributed by atoms with Crippen LogP contribution < -0.4 is 22.3 Å². The molecule has 2 heterocycles. The highest BCUT2D eigenvalue weighted by Gasteiger charge is 2.22. The van der Waals surface area contributed by atoms with Crippen LogP contribution in [0.25, 0.3) is 28.2 Å². The largest absolute Gasteiger partial charge is 0.382 e. The van der Waals surface area contributed by atoms with Gasteiger partial charge in [-0.05, 0) is 43.3 Å². The standard InChI is InChI=1S/C29H25N7O3/c1-17-24(29(39)36(35(17)2)22-9-4-3-5-10-22)28(38)33-21-13-11-18(12-14-21)25-26(30)32-16-23(34-25)19-7-6-8-20(15-19)27(31)37/h3-16H,1-2H3,(H2,30,32)(H2,31,37)(H,33,38). The number of para-hydroxylation sites is 1. The van der Waals surface area contributed by atoms with Gasteiger partial charge in [0.1, 0.15) is 17.1 Å². The van der Waals surface area contributed by atoms with Gasteiger partial charge in [0.15, 0.2) is 0 Å². The summed E-state index contributed by atoms with van der Waals surface area (Å²) in [5, 5.41) is 2.80. The number of rotatable bonds is 6. The normalized spacial score (nSPS) is 10.8. The van der Waals surface area contributed by atoms with E-state index in [9.17, 15) is 14.4 Å². The zero-order chi connectivity index (χ0) is 27.7. The van der Waals surface area contributed by atoms with E-state index >= 15 is 0 Å². The Morgan fingerprint density at radius 3 is 2.33 bits per heavy atom. The van der Waals surface area contributed by atoms with Crippen LogP contribution in [0, 0.1) is 6.92 Å². The predicted molar refractivity (Wildman–Crippen MR) is 150 cm³/mol. The number of primary amides is 1. The van der Waals surface area contributed by atoms with Gasteiger partial charge in [-0.15, -0.1) is 0 Å². The van der Waals surface area contributed by atoms with Gasteiger partial charge in [-0.1, -0.05) is 42.5 Å². The number of hydrogen-bond donors (Lipinski definition) is 3. The third kappa shape index (κ3) is 4.78. The van der Waals surface area contributed by atoms with Gasteiger partial charge in [0.25, 0.3) is 11.5 Å². The first-order valence-corrected chi connectivity index (χ1v) is 12.0. The molecular formula is C29H25N7O3. The molecule has 0 saturated carbocycles. The average molecular weight is 520 g/mol. The van der Waals surface area contributed by atoms with Crippen LogP contribution in [0.5, 0.6) is 0 Å². The van der Waals surface area contributed by atoms with Gasteiger partial charge >= 0.3 is 0 Å². The Bertz CT molecular complexity index is 1770. The van der Waals surface area contributed by atoms with E-state index in [-0.39, 0.29) is 11.4 Å². The highest BCUT2D eigenvalue weighted by atomic mass is 16.2. The smallest absolute Gasteiger partial charge is 0.284 e.